The van der Waals surface area contributed by atoms with Crippen molar-refractivity contribution in [1.29, 1.82) is 0 Å². The first-order valence-corrected chi connectivity index (χ1v) is 10.7. The summed E-state index contributed by atoms with van der Waals surface area (Å²) in [6.45, 7) is 6.36. The molecule has 0 bridgehead atoms. The number of aliphatic imine (C=N–C) groups is 1. The summed E-state index contributed by atoms with van der Waals surface area (Å²) in [5.74, 6) is 1.41. The van der Waals surface area contributed by atoms with E-state index in [2.05, 4.69) is 33.5 Å². The molecule has 170 valence electrons. The van der Waals surface area contributed by atoms with E-state index in [4.69, 9.17) is 26.1 Å². The maximum absolute atomic E-state index is 6.14. The van der Waals surface area contributed by atoms with Crippen LogP contribution in [0.2, 0.25) is 5.02 Å². The molecular weight excluding hydrogens is 529 g/mol. The first-order chi connectivity index (χ1) is 14.7. The number of halogens is 2. The smallest absolute Gasteiger partial charge is 0.213 e. The van der Waals surface area contributed by atoms with Crippen molar-refractivity contribution in [3.05, 3.63) is 53.2 Å². The molecule has 2 aromatic rings. The second kappa shape index (κ2) is 13.6. The molecule has 0 saturated carbocycles. The number of aromatic nitrogens is 1. The molecule has 1 aliphatic heterocycles. The average molecular weight is 560 g/mol. The second-order valence-corrected chi connectivity index (χ2v) is 7.53. The molecule has 7 nitrogen and oxygen atoms in total. The summed E-state index contributed by atoms with van der Waals surface area (Å²) in [6, 6.07) is 12.2. The quantitative estimate of drug-likeness (QED) is 0.211. The van der Waals surface area contributed by atoms with E-state index in [-0.39, 0.29) is 24.0 Å². The highest BCUT2D eigenvalue weighted by Crippen LogP contribution is 2.23. The van der Waals surface area contributed by atoms with Gasteiger partial charge in [-0.15, -0.1) is 24.0 Å². The first kappa shape index (κ1) is 25.5. The van der Waals surface area contributed by atoms with Crippen LogP contribution in [0.15, 0.2) is 47.6 Å². The molecule has 1 atom stereocenters. The molecular formula is C22H31ClIN5O2. The number of hydrogen-bond acceptors (Lipinski definition) is 5. The van der Waals surface area contributed by atoms with Crippen LogP contribution in [0.3, 0.4) is 0 Å². The lowest BCUT2D eigenvalue weighted by molar-refractivity contribution is 0.143. The van der Waals surface area contributed by atoms with Crippen LogP contribution in [0.4, 0.5) is 5.69 Å². The fraction of sp³-hybridized carbons (Fsp3) is 0.455. The number of methoxy groups -OCH3 is 1. The Morgan fingerprint density at radius 1 is 1.29 bits per heavy atom. The van der Waals surface area contributed by atoms with Crippen LogP contribution in [-0.4, -0.2) is 56.9 Å². The normalized spacial score (nSPS) is 16.0. The zero-order valence-corrected chi connectivity index (χ0v) is 21.1. The highest BCUT2D eigenvalue weighted by atomic mass is 127. The topological polar surface area (TPSA) is 71.0 Å². The van der Waals surface area contributed by atoms with Gasteiger partial charge in [0.1, 0.15) is 6.61 Å². The molecule has 2 heterocycles. The molecule has 9 heteroatoms. The minimum absolute atomic E-state index is 0. The lowest BCUT2D eigenvalue weighted by atomic mass is 10.2. The van der Waals surface area contributed by atoms with E-state index in [0.717, 1.165) is 48.3 Å². The predicted molar refractivity (Wildman–Crippen MR) is 137 cm³/mol. The molecule has 0 aliphatic carbocycles. The van der Waals surface area contributed by atoms with Gasteiger partial charge in [0.15, 0.2) is 5.96 Å². The van der Waals surface area contributed by atoms with Gasteiger partial charge in [0.2, 0.25) is 5.88 Å². The summed E-state index contributed by atoms with van der Waals surface area (Å²) in [7, 11) is 1.65. The van der Waals surface area contributed by atoms with Gasteiger partial charge in [-0.05, 0) is 37.1 Å². The maximum atomic E-state index is 6.14. The van der Waals surface area contributed by atoms with Gasteiger partial charge < -0.3 is 25.0 Å². The predicted octanol–water partition coefficient (Wildman–Crippen LogP) is 3.71. The third kappa shape index (κ3) is 8.34. The number of rotatable bonds is 9. The lowest BCUT2D eigenvalue weighted by Gasteiger charge is -2.20. The number of nitrogens with one attached hydrogen (secondary N) is 2. The van der Waals surface area contributed by atoms with E-state index in [9.17, 15) is 0 Å². The molecule has 0 radical (unpaired) electrons. The van der Waals surface area contributed by atoms with Crippen molar-refractivity contribution in [1.82, 2.24) is 15.6 Å². The monoisotopic (exact) mass is 559 g/mol. The standard InChI is InChI=1S/C22H30ClN5O2.HI/c1-3-24-22(26-15-17-7-8-21(25-14-17)30-12-11-29-2)27-19-9-10-28(16-19)20-6-4-5-18(23)13-20;/h4-8,13-14,19H,3,9-12,15-16H2,1-2H3,(H2,24,26,27);1H. The van der Waals surface area contributed by atoms with Gasteiger partial charge in [-0.25, -0.2) is 9.98 Å². The van der Waals surface area contributed by atoms with Crippen molar-refractivity contribution in [2.75, 3.05) is 44.9 Å². The van der Waals surface area contributed by atoms with Gasteiger partial charge >= 0.3 is 0 Å². The SMILES string of the molecule is CCNC(=NCc1ccc(OCCOC)nc1)NC1CCN(c2cccc(Cl)c2)C1.I. The van der Waals surface area contributed by atoms with Crippen LogP contribution < -0.4 is 20.3 Å². The summed E-state index contributed by atoms with van der Waals surface area (Å²) in [6.07, 6.45) is 2.84. The summed E-state index contributed by atoms with van der Waals surface area (Å²) in [4.78, 5) is 11.4. The molecule has 0 amide bonds. The van der Waals surface area contributed by atoms with E-state index < -0.39 is 0 Å². The zero-order valence-electron chi connectivity index (χ0n) is 18.0. The Morgan fingerprint density at radius 3 is 2.87 bits per heavy atom. The van der Waals surface area contributed by atoms with Crippen molar-refractivity contribution in [2.24, 2.45) is 4.99 Å². The molecule has 1 saturated heterocycles. The molecule has 1 fully saturated rings. The number of guanidine groups is 1. The van der Waals surface area contributed by atoms with Crippen LogP contribution in [0.5, 0.6) is 5.88 Å². The van der Waals surface area contributed by atoms with E-state index in [0.29, 0.717) is 31.7 Å². The second-order valence-electron chi connectivity index (χ2n) is 7.10. The van der Waals surface area contributed by atoms with Crippen LogP contribution in [0.1, 0.15) is 18.9 Å². The average Bonchev–Trinajstić information content (AvgIpc) is 3.22. The fourth-order valence-corrected chi connectivity index (χ4v) is 3.47. The van der Waals surface area contributed by atoms with Crippen LogP contribution >= 0.6 is 35.6 Å². The number of ether oxygens (including phenoxy) is 2. The molecule has 1 aliphatic rings. The van der Waals surface area contributed by atoms with Gasteiger partial charge in [-0.2, -0.15) is 0 Å². The molecule has 1 unspecified atom stereocenters. The Hall–Kier alpha value is -1.78. The largest absolute Gasteiger partial charge is 0.475 e. The highest BCUT2D eigenvalue weighted by Gasteiger charge is 2.23. The fourth-order valence-electron chi connectivity index (χ4n) is 3.29. The highest BCUT2D eigenvalue weighted by molar-refractivity contribution is 14.0. The van der Waals surface area contributed by atoms with Crippen molar-refractivity contribution in [3.63, 3.8) is 0 Å². The van der Waals surface area contributed by atoms with E-state index in [1.165, 1.54) is 0 Å². The van der Waals surface area contributed by atoms with Gasteiger partial charge in [-0.1, -0.05) is 23.7 Å². The number of benzene rings is 1. The summed E-state index contributed by atoms with van der Waals surface area (Å²) >= 11 is 6.14. The Morgan fingerprint density at radius 2 is 2.16 bits per heavy atom. The third-order valence-corrected chi connectivity index (χ3v) is 5.04. The van der Waals surface area contributed by atoms with Crippen LogP contribution in [0, 0.1) is 0 Å². The Bertz CT molecular complexity index is 822. The van der Waals surface area contributed by atoms with Crippen molar-refractivity contribution < 1.29 is 9.47 Å². The number of hydrogen-bond donors (Lipinski definition) is 2. The third-order valence-electron chi connectivity index (χ3n) is 4.80. The Kier molecular flexibility index (Phi) is 11.2. The van der Waals surface area contributed by atoms with Gasteiger partial charge in [0.05, 0.1) is 13.2 Å². The summed E-state index contributed by atoms with van der Waals surface area (Å²) in [5, 5.41) is 7.65. The van der Waals surface area contributed by atoms with Gasteiger partial charge in [0, 0.05) is 55.8 Å². The number of nitrogens with zero attached hydrogens (tertiary/aromatic N) is 3. The number of anilines is 1. The van der Waals surface area contributed by atoms with Gasteiger partial charge in [0.25, 0.3) is 0 Å². The lowest BCUT2D eigenvalue weighted by Crippen LogP contribution is -2.44. The molecule has 3 rings (SSSR count). The van der Waals surface area contributed by atoms with Crippen LogP contribution in [0.25, 0.3) is 0 Å². The Balaban J connectivity index is 0.00000341. The van der Waals surface area contributed by atoms with E-state index in [1.807, 2.05) is 30.3 Å². The maximum Gasteiger partial charge on any atom is 0.213 e. The zero-order chi connectivity index (χ0) is 21.2. The van der Waals surface area contributed by atoms with Crippen LogP contribution in [-0.2, 0) is 11.3 Å². The van der Waals surface area contributed by atoms with Crippen molar-refractivity contribution in [2.45, 2.75) is 25.9 Å². The minimum Gasteiger partial charge on any atom is -0.475 e. The molecule has 2 N–H and O–H groups in total. The summed E-state index contributed by atoms with van der Waals surface area (Å²) < 4.78 is 10.5. The van der Waals surface area contributed by atoms with E-state index in [1.54, 1.807) is 13.3 Å². The molecule has 0 spiro atoms. The summed E-state index contributed by atoms with van der Waals surface area (Å²) in [5.41, 5.74) is 2.19. The molecule has 31 heavy (non-hydrogen) atoms. The van der Waals surface area contributed by atoms with Crippen molar-refractivity contribution in [3.8, 4) is 5.88 Å². The minimum atomic E-state index is 0. The van der Waals surface area contributed by atoms with Gasteiger partial charge in [-0.3, -0.25) is 0 Å². The van der Waals surface area contributed by atoms with E-state index >= 15 is 0 Å². The molecule has 1 aromatic heterocycles. The Labute approximate surface area is 206 Å². The number of pyridine rings is 1. The first-order valence-electron chi connectivity index (χ1n) is 10.3. The van der Waals surface area contributed by atoms with Crippen molar-refractivity contribution >= 4 is 47.2 Å². The molecule has 1 aromatic carbocycles.